The standard InChI is InChI=1S/C65H40N4O3/c1-3-17-41(18-4-1)47-21-7-11-29-55(47)65(44-19-5-2-6-20-44)68(45-37-33-42(34-38-45)48-25-15-27-52-50-22-8-12-30-56(50)70-60(48)52)62-63(67-64-59(66-62)54-24-10-14-32-58(54)72-64)69(65)46-39-35-43(36-40-46)49-26-16-28-53-51-23-9-13-31-57(51)71-61(49)53/h1-40H. The van der Waals surface area contributed by atoms with E-state index in [-0.39, 0.29) is 0 Å². The van der Waals surface area contributed by atoms with Crippen LogP contribution in [0.3, 0.4) is 0 Å². The van der Waals surface area contributed by atoms with Crippen molar-refractivity contribution < 1.29 is 13.3 Å². The third-order valence-corrected chi connectivity index (χ3v) is 14.5. The van der Waals surface area contributed by atoms with Crippen molar-refractivity contribution in [2.24, 2.45) is 0 Å². The highest BCUT2D eigenvalue weighted by atomic mass is 16.3. The SMILES string of the molecule is c1ccc(-c2ccccc2C2(c3ccccc3)N(c3ccc(-c4cccc5c4oc4ccccc45)cc3)c3nc4oc5ccccc5c4nc3N2c2ccc(-c3cccc4c3oc3ccccc34)cc2)cc1. The predicted octanol–water partition coefficient (Wildman–Crippen LogP) is 17.4. The molecule has 0 amide bonds. The molecular weight excluding hydrogens is 885 g/mol. The van der Waals surface area contributed by atoms with E-state index in [2.05, 4.69) is 210 Å². The Morgan fingerprint density at radius 1 is 0.319 bits per heavy atom. The minimum Gasteiger partial charge on any atom is -0.455 e. The average Bonchev–Trinajstić information content (AvgIpc) is 4.22. The first-order chi connectivity index (χ1) is 35.7. The third kappa shape index (κ3) is 5.85. The van der Waals surface area contributed by atoms with E-state index in [1.807, 2.05) is 42.5 Å². The molecule has 7 nitrogen and oxygen atoms in total. The highest BCUT2D eigenvalue weighted by molar-refractivity contribution is 6.11. The molecule has 1 atom stereocenters. The van der Waals surface area contributed by atoms with E-state index in [1.165, 1.54) is 0 Å². The molecule has 0 N–H and O–H groups in total. The molecule has 15 rings (SSSR count). The Morgan fingerprint density at radius 3 is 1.33 bits per heavy atom. The first-order valence-corrected chi connectivity index (χ1v) is 24.2. The zero-order valence-electron chi connectivity index (χ0n) is 38.6. The summed E-state index contributed by atoms with van der Waals surface area (Å²) < 4.78 is 19.7. The number of nitrogens with zero attached hydrogens (tertiary/aromatic N) is 4. The summed E-state index contributed by atoms with van der Waals surface area (Å²) in [6, 6.07) is 85.1. The molecule has 72 heavy (non-hydrogen) atoms. The molecule has 14 aromatic rings. The second kappa shape index (κ2) is 15.7. The Hall–Kier alpha value is -9.72. The van der Waals surface area contributed by atoms with Crippen molar-refractivity contribution in [2.45, 2.75) is 5.66 Å². The number of hydrogen-bond donors (Lipinski definition) is 0. The van der Waals surface area contributed by atoms with Crippen LogP contribution < -0.4 is 9.80 Å². The summed E-state index contributed by atoms with van der Waals surface area (Å²) in [7, 11) is 0. The van der Waals surface area contributed by atoms with Crippen molar-refractivity contribution in [3.8, 4) is 33.4 Å². The predicted molar refractivity (Wildman–Crippen MR) is 291 cm³/mol. The first-order valence-electron chi connectivity index (χ1n) is 24.2. The van der Waals surface area contributed by atoms with Crippen LogP contribution in [0, 0.1) is 0 Å². The van der Waals surface area contributed by atoms with Crippen molar-refractivity contribution in [3.05, 3.63) is 254 Å². The number of fused-ring (bicyclic) bond motifs is 10. The molecule has 0 saturated carbocycles. The molecule has 10 aromatic carbocycles. The highest BCUT2D eigenvalue weighted by Gasteiger charge is 2.57. The number of aromatic nitrogens is 2. The summed E-state index contributed by atoms with van der Waals surface area (Å²) in [5, 5.41) is 5.26. The zero-order chi connectivity index (χ0) is 47.3. The fourth-order valence-electron chi connectivity index (χ4n) is 11.3. The molecule has 1 aliphatic rings. The van der Waals surface area contributed by atoms with Crippen LogP contribution >= 0.6 is 0 Å². The summed E-state index contributed by atoms with van der Waals surface area (Å²) in [5.41, 5.74) is 14.3. The van der Waals surface area contributed by atoms with Gasteiger partial charge in [-0.05, 0) is 70.8 Å². The summed E-state index contributed by atoms with van der Waals surface area (Å²) in [6.07, 6.45) is 0. The van der Waals surface area contributed by atoms with Gasteiger partial charge in [0.05, 0.1) is 0 Å². The van der Waals surface area contributed by atoms with Crippen LogP contribution in [0.4, 0.5) is 23.0 Å². The van der Waals surface area contributed by atoms with E-state index < -0.39 is 5.66 Å². The number of anilines is 4. The van der Waals surface area contributed by atoms with Crippen LogP contribution in [0.1, 0.15) is 11.1 Å². The average molecular weight is 925 g/mol. The van der Waals surface area contributed by atoms with E-state index in [0.717, 1.165) is 111 Å². The lowest BCUT2D eigenvalue weighted by Crippen LogP contribution is -2.52. The van der Waals surface area contributed by atoms with Crippen molar-refractivity contribution in [2.75, 3.05) is 9.80 Å². The maximum Gasteiger partial charge on any atom is 0.248 e. The molecule has 0 aliphatic carbocycles. The summed E-state index contributed by atoms with van der Waals surface area (Å²) >= 11 is 0. The fraction of sp³-hybridized carbons (Fsp3) is 0.0154. The second-order valence-corrected chi connectivity index (χ2v) is 18.4. The minimum absolute atomic E-state index is 0.461. The lowest BCUT2D eigenvalue weighted by Gasteiger charge is -2.47. The minimum atomic E-state index is -1.13. The van der Waals surface area contributed by atoms with E-state index in [4.69, 9.17) is 23.2 Å². The lowest BCUT2D eigenvalue weighted by molar-refractivity contribution is 0.557. The third-order valence-electron chi connectivity index (χ3n) is 14.5. The number of para-hydroxylation sites is 5. The Morgan fingerprint density at radius 2 is 0.750 bits per heavy atom. The van der Waals surface area contributed by atoms with Crippen LogP contribution in [-0.4, -0.2) is 9.97 Å². The van der Waals surface area contributed by atoms with Gasteiger partial charge in [-0.15, -0.1) is 0 Å². The maximum absolute atomic E-state index is 6.60. The monoisotopic (exact) mass is 924 g/mol. The molecule has 0 bridgehead atoms. The van der Waals surface area contributed by atoms with Gasteiger partial charge in [0.1, 0.15) is 33.4 Å². The second-order valence-electron chi connectivity index (χ2n) is 18.4. The number of hydrogen-bond acceptors (Lipinski definition) is 7. The van der Waals surface area contributed by atoms with Gasteiger partial charge in [-0.1, -0.05) is 194 Å². The van der Waals surface area contributed by atoms with E-state index in [0.29, 0.717) is 22.9 Å². The topological polar surface area (TPSA) is 71.7 Å². The highest BCUT2D eigenvalue weighted by Crippen LogP contribution is 2.60. The summed E-state index contributed by atoms with van der Waals surface area (Å²) in [4.78, 5) is 16.0. The largest absolute Gasteiger partial charge is 0.455 e. The van der Waals surface area contributed by atoms with Gasteiger partial charge in [0, 0.05) is 60.6 Å². The van der Waals surface area contributed by atoms with Crippen LogP contribution in [0.2, 0.25) is 0 Å². The number of benzene rings is 10. The van der Waals surface area contributed by atoms with Crippen molar-refractivity contribution >= 4 is 89.1 Å². The van der Waals surface area contributed by atoms with Crippen molar-refractivity contribution in [3.63, 3.8) is 0 Å². The van der Waals surface area contributed by atoms with Gasteiger partial charge < -0.3 is 13.3 Å². The van der Waals surface area contributed by atoms with Crippen LogP contribution in [0.15, 0.2) is 256 Å². The zero-order valence-corrected chi connectivity index (χ0v) is 38.6. The smallest absolute Gasteiger partial charge is 0.248 e. The molecule has 5 heterocycles. The van der Waals surface area contributed by atoms with Gasteiger partial charge in [0.2, 0.25) is 5.71 Å². The van der Waals surface area contributed by atoms with E-state index >= 15 is 0 Å². The number of furan rings is 3. The molecular formula is C65H40N4O3. The van der Waals surface area contributed by atoms with Gasteiger partial charge in [-0.2, -0.15) is 4.98 Å². The van der Waals surface area contributed by atoms with E-state index in [9.17, 15) is 0 Å². The summed E-state index contributed by atoms with van der Waals surface area (Å²) in [6.45, 7) is 0. The molecule has 0 spiro atoms. The molecule has 338 valence electrons. The molecule has 4 aromatic heterocycles. The van der Waals surface area contributed by atoms with Gasteiger partial charge in [0.25, 0.3) is 0 Å². The lowest BCUT2D eigenvalue weighted by atomic mass is 9.83. The van der Waals surface area contributed by atoms with Crippen LogP contribution in [0.25, 0.3) is 99.5 Å². The Labute approximate surface area is 413 Å². The first kappa shape index (κ1) is 40.2. The molecule has 0 radical (unpaired) electrons. The number of rotatable bonds is 7. The van der Waals surface area contributed by atoms with Crippen LogP contribution in [-0.2, 0) is 5.66 Å². The molecule has 1 aliphatic heterocycles. The van der Waals surface area contributed by atoms with Gasteiger partial charge in [-0.25, -0.2) is 4.98 Å². The summed E-state index contributed by atoms with van der Waals surface area (Å²) in [5.74, 6) is 1.33. The maximum atomic E-state index is 6.60. The van der Waals surface area contributed by atoms with Gasteiger partial charge >= 0.3 is 0 Å². The van der Waals surface area contributed by atoms with Crippen molar-refractivity contribution in [1.82, 2.24) is 9.97 Å². The Bertz CT molecular complexity index is 4410. The molecule has 1 unspecified atom stereocenters. The molecule has 0 fully saturated rings. The molecule has 0 saturated heterocycles. The Balaban J connectivity index is 1.01. The molecule has 7 heteroatoms. The van der Waals surface area contributed by atoms with Gasteiger partial charge in [-0.3, -0.25) is 9.80 Å². The van der Waals surface area contributed by atoms with Gasteiger partial charge in [0.15, 0.2) is 17.3 Å². The fourth-order valence-corrected chi connectivity index (χ4v) is 11.3. The normalized spacial score (nSPS) is 14.7. The van der Waals surface area contributed by atoms with Crippen molar-refractivity contribution in [1.29, 1.82) is 0 Å². The van der Waals surface area contributed by atoms with Crippen LogP contribution in [0.5, 0.6) is 0 Å². The van der Waals surface area contributed by atoms with E-state index in [1.54, 1.807) is 0 Å². The quantitative estimate of drug-likeness (QED) is 0.158. The Kier molecular flexibility index (Phi) is 8.74.